The smallest absolute Gasteiger partial charge is 0.328 e. The highest BCUT2D eigenvalue weighted by Crippen LogP contribution is 2.27. The lowest BCUT2D eigenvalue weighted by atomic mass is 10.1. The van der Waals surface area contributed by atoms with E-state index in [2.05, 4.69) is 17.4 Å². The number of aliphatic carboxylic acids is 1. The number of aliphatic hydroxyl groups excluding tert-OH is 1. The van der Waals surface area contributed by atoms with Gasteiger partial charge in [-0.1, -0.05) is 6.07 Å². The van der Waals surface area contributed by atoms with Gasteiger partial charge in [-0.2, -0.15) is 0 Å². The second-order valence-corrected chi connectivity index (χ2v) is 5.76. The van der Waals surface area contributed by atoms with Gasteiger partial charge in [0.2, 0.25) is 5.91 Å². The van der Waals surface area contributed by atoms with Crippen molar-refractivity contribution in [2.45, 2.75) is 30.2 Å². The lowest BCUT2D eigenvalue weighted by Gasteiger charge is -2.11. The molecule has 1 aliphatic carbocycles. The van der Waals surface area contributed by atoms with Crippen LogP contribution in [0.3, 0.4) is 0 Å². The number of amides is 1. The molecule has 0 aromatic heterocycles. The minimum absolute atomic E-state index is 0.141. The fourth-order valence-electron chi connectivity index (χ4n) is 2.21. The fourth-order valence-corrected chi connectivity index (χ4v) is 2.98. The first-order chi connectivity index (χ1) is 9.60. The molecule has 1 aliphatic rings. The Morgan fingerprint density at radius 2 is 2.05 bits per heavy atom. The van der Waals surface area contributed by atoms with Crippen molar-refractivity contribution in [2.24, 2.45) is 0 Å². The predicted molar refractivity (Wildman–Crippen MR) is 75.8 cm³/mol. The van der Waals surface area contributed by atoms with Gasteiger partial charge in [-0.25, -0.2) is 4.79 Å². The van der Waals surface area contributed by atoms with Gasteiger partial charge in [0.05, 0.1) is 12.4 Å². The Kier molecular flexibility index (Phi) is 5.03. The molecule has 108 valence electrons. The minimum atomic E-state index is -1.23. The Morgan fingerprint density at radius 3 is 2.75 bits per heavy atom. The minimum Gasteiger partial charge on any atom is -0.480 e. The zero-order chi connectivity index (χ0) is 14.5. The van der Waals surface area contributed by atoms with E-state index in [9.17, 15) is 9.59 Å². The van der Waals surface area contributed by atoms with Crippen molar-refractivity contribution in [3.63, 3.8) is 0 Å². The maximum Gasteiger partial charge on any atom is 0.328 e. The van der Waals surface area contributed by atoms with Gasteiger partial charge in [0, 0.05) is 4.90 Å². The summed E-state index contributed by atoms with van der Waals surface area (Å²) in [5.74, 6) is -1.48. The molecular formula is C14H17NO4S. The van der Waals surface area contributed by atoms with Gasteiger partial charge >= 0.3 is 5.97 Å². The fraction of sp³-hybridized carbons (Fsp3) is 0.429. The molecular weight excluding hydrogens is 278 g/mol. The first-order valence-corrected chi connectivity index (χ1v) is 7.46. The van der Waals surface area contributed by atoms with E-state index in [0.717, 1.165) is 17.7 Å². The third-order valence-corrected chi connectivity index (χ3v) is 4.25. The molecule has 1 unspecified atom stereocenters. The van der Waals surface area contributed by atoms with Crippen LogP contribution in [0, 0.1) is 0 Å². The molecule has 0 heterocycles. The first kappa shape index (κ1) is 14.9. The van der Waals surface area contributed by atoms with Gasteiger partial charge < -0.3 is 15.5 Å². The van der Waals surface area contributed by atoms with Crippen molar-refractivity contribution in [3.8, 4) is 0 Å². The molecule has 1 amide bonds. The molecule has 1 aromatic rings. The van der Waals surface area contributed by atoms with Gasteiger partial charge in [0.15, 0.2) is 0 Å². The summed E-state index contributed by atoms with van der Waals surface area (Å²) < 4.78 is 0. The normalized spacial score (nSPS) is 14.7. The maximum atomic E-state index is 11.6. The molecule has 0 saturated heterocycles. The zero-order valence-corrected chi connectivity index (χ0v) is 11.8. The number of hydrogen-bond donors (Lipinski definition) is 3. The number of thioether (sulfide) groups is 1. The number of hydrogen-bond acceptors (Lipinski definition) is 4. The number of carboxylic acids is 1. The van der Waals surface area contributed by atoms with Crippen molar-refractivity contribution in [1.82, 2.24) is 5.32 Å². The van der Waals surface area contributed by atoms with E-state index >= 15 is 0 Å². The Balaban J connectivity index is 1.85. The molecule has 1 aromatic carbocycles. The van der Waals surface area contributed by atoms with Crippen molar-refractivity contribution in [2.75, 3.05) is 12.4 Å². The molecule has 20 heavy (non-hydrogen) atoms. The molecule has 0 spiro atoms. The average molecular weight is 295 g/mol. The summed E-state index contributed by atoms with van der Waals surface area (Å²) >= 11 is 1.37. The van der Waals surface area contributed by atoms with Crippen LogP contribution < -0.4 is 5.32 Å². The average Bonchev–Trinajstić information content (AvgIpc) is 2.89. The monoisotopic (exact) mass is 295 g/mol. The molecule has 6 heteroatoms. The molecule has 0 bridgehead atoms. The second-order valence-electron chi connectivity index (χ2n) is 4.71. The zero-order valence-electron chi connectivity index (χ0n) is 11.0. The van der Waals surface area contributed by atoms with E-state index in [1.807, 2.05) is 6.07 Å². The van der Waals surface area contributed by atoms with E-state index in [4.69, 9.17) is 10.2 Å². The highest BCUT2D eigenvalue weighted by molar-refractivity contribution is 8.00. The highest BCUT2D eigenvalue weighted by atomic mass is 32.2. The Hall–Kier alpha value is -1.53. The molecule has 3 N–H and O–H groups in total. The molecule has 0 fully saturated rings. The quantitative estimate of drug-likeness (QED) is 0.677. The molecule has 0 radical (unpaired) electrons. The first-order valence-electron chi connectivity index (χ1n) is 6.48. The van der Waals surface area contributed by atoms with Crippen LogP contribution >= 0.6 is 11.8 Å². The second kappa shape index (κ2) is 6.76. The summed E-state index contributed by atoms with van der Waals surface area (Å²) in [6.07, 6.45) is 3.39. The van der Waals surface area contributed by atoms with Crippen molar-refractivity contribution >= 4 is 23.6 Å². The summed E-state index contributed by atoms with van der Waals surface area (Å²) in [5.41, 5.74) is 2.72. The van der Waals surface area contributed by atoms with E-state index in [1.165, 1.54) is 29.3 Å². The SMILES string of the molecule is O=C(CSc1ccc2c(c1)CCC2)NC(CO)C(=O)O. The highest BCUT2D eigenvalue weighted by Gasteiger charge is 2.18. The molecule has 5 nitrogen and oxygen atoms in total. The summed E-state index contributed by atoms with van der Waals surface area (Å²) in [6.45, 7) is -0.607. The number of benzene rings is 1. The Labute approximate surface area is 121 Å². The summed E-state index contributed by atoms with van der Waals surface area (Å²) in [7, 11) is 0. The van der Waals surface area contributed by atoms with E-state index in [-0.39, 0.29) is 5.75 Å². The number of aryl methyl sites for hydroxylation is 2. The van der Waals surface area contributed by atoms with Crippen LogP contribution in [0.25, 0.3) is 0 Å². The largest absolute Gasteiger partial charge is 0.480 e. The lowest BCUT2D eigenvalue weighted by molar-refractivity contribution is -0.142. The third-order valence-electron chi connectivity index (χ3n) is 3.26. The molecule has 1 atom stereocenters. The van der Waals surface area contributed by atoms with Crippen molar-refractivity contribution < 1.29 is 19.8 Å². The van der Waals surface area contributed by atoms with Gasteiger partial charge in [0.1, 0.15) is 6.04 Å². The topological polar surface area (TPSA) is 86.6 Å². The third kappa shape index (κ3) is 3.74. The maximum absolute atomic E-state index is 11.6. The standard InChI is InChI=1S/C14H17NO4S/c16-7-12(14(18)19)15-13(17)8-20-11-5-4-9-2-1-3-10(9)6-11/h4-6,12,16H,1-3,7-8H2,(H,15,17)(H,18,19). The van der Waals surface area contributed by atoms with E-state index in [0.29, 0.717) is 0 Å². The number of rotatable bonds is 6. The van der Waals surface area contributed by atoms with E-state index < -0.39 is 24.5 Å². The van der Waals surface area contributed by atoms with Crippen LogP contribution in [-0.2, 0) is 22.4 Å². The van der Waals surface area contributed by atoms with Crippen LogP contribution in [0.1, 0.15) is 17.5 Å². The van der Waals surface area contributed by atoms with Crippen molar-refractivity contribution in [3.05, 3.63) is 29.3 Å². The van der Waals surface area contributed by atoms with Crippen LogP contribution in [0.2, 0.25) is 0 Å². The van der Waals surface area contributed by atoms with Gasteiger partial charge in [-0.05, 0) is 42.5 Å². The summed E-state index contributed by atoms with van der Waals surface area (Å²) in [6, 6.07) is 4.95. The van der Waals surface area contributed by atoms with Crippen molar-refractivity contribution in [1.29, 1.82) is 0 Å². The summed E-state index contributed by atoms with van der Waals surface area (Å²) in [5, 5.41) is 19.8. The Morgan fingerprint density at radius 1 is 1.30 bits per heavy atom. The number of carboxylic acid groups (broad SMARTS) is 1. The lowest BCUT2D eigenvalue weighted by Crippen LogP contribution is -2.44. The number of carbonyl (C=O) groups excluding carboxylic acids is 1. The molecule has 0 aliphatic heterocycles. The van der Waals surface area contributed by atoms with E-state index in [1.54, 1.807) is 0 Å². The number of aliphatic hydroxyl groups is 1. The number of fused-ring (bicyclic) bond motifs is 1. The van der Waals surface area contributed by atoms with Crippen LogP contribution in [-0.4, -0.2) is 40.5 Å². The molecule has 2 rings (SSSR count). The predicted octanol–water partition coefficient (Wildman–Crippen LogP) is 0.829. The summed E-state index contributed by atoms with van der Waals surface area (Å²) in [4.78, 5) is 23.3. The number of nitrogens with one attached hydrogen (secondary N) is 1. The van der Waals surface area contributed by atoms with Gasteiger partial charge in [-0.15, -0.1) is 11.8 Å². The van der Waals surface area contributed by atoms with Crippen LogP contribution in [0.5, 0.6) is 0 Å². The van der Waals surface area contributed by atoms with Crippen LogP contribution in [0.4, 0.5) is 0 Å². The van der Waals surface area contributed by atoms with Gasteiger partial charge in [-0.3, -0.25) is 4.79 Å². The Bertz CT molecular complexity index is 518. The van der Waals surface area contributed by atoms with Crippen LogP contribution in [0.15, 0.2) is 23.1 Å². The number of carbonyl (C=O) groups is 2. The molecule has 0 saturated carbocycles. The van der Waals surface area contributed by atoms with Gasteiger partial charge in [0.25, 0.3) is 0 Å².